The Balaban J connectivity index is 0.00000243. The Kier molecular flexibility index (Phi) is 6.93. The molecule has 0 saturated heterocycles. The van der Waals surface area contributed by atoms with Gasteiger partial charge in [0.2, 0.25) is 0 Å². The number of hydrogen-bond donors (Lipinski definition) is 3. The lowest BCUT2D eigenvalue weighted by Gasteiger charge is -2.30. The average Bonchev–Trinajstić information content (AvgIpc) is 3.02. The van der Waals surface area contributed by atoms with Gasteiger partial charge in [-0.2, -0.15) is 10.2 Å². The van der Waals surface area contributed by atoms with Crippen LogP contribution in [-0.4, -0.2) is 38.5 Å². The van der Waals surface area contributed by atoms with E-state index in [1.54, 1.807) is 13.0 Å². The zero-order chi connectivity index (χ0) is 17.8. The zero-order valence-corrected chi connectivity index (χ0v) is 15.6. The second-order valence-electron chi connectivity index (χ2n) is 6.55. The topological polar surface area (TPSA) is 119 Å². The minimum atomic E-state index is -0.287. The van der Waals surface area contributed by atoms with Crippen LogP contribution in [0.4, 0.5) is 0 Å². The number of nitrogens with zero attached hydrogens (tertiary/aromatic N) is 3. The first kappa shape index (κ1) is 20.1. The molecule has 1 atom stereocenters. The third-order valence-electron chi connectivity index (χ3n) is 4.93. The molecular weight excluding hydrogens is 356 g/mol. The van der Waals surface area contributed by atoms with Crippen LogP contribution >= 0.6 is 12.4 Å². The average molecular weight is 381 g/mol. The van der Waals surface area contributed by atoms with E-state index in [0.717, 1.165) is 12.8 Å². The number of aromatic amines is 1. The van der Waals surface area contributed by atoms with Crippen molar-refractivity contribution in [2.75, 3.05) is 6.54 Å². The Morgan fingerprint density at radius 1 is 1.38 bits per heavy atom. The first-order chi connectivity index (χ1) is 12.1. The molecule has 0 spiro atoms. The highest BCUT2D eigenvalue weighted by Gasteiger charge is 2.25. The molecule has 1 saturated carbocycles. The number of aromatic nitrogens is 4. The summed E-state index contributed by atoms with van der Waals surface area (Å²) in [5.41, 5.74) is 6.76. The number of nitrogens with two attached hydrogens (primary N) is 1. The summed E-state index contributed by atoms with van der Waals surface area (Å²) in [7, 11) is 0. The Morgan fingerprint density at radius 3 is 2.73 bits per heavy atom. The highest BCUT2D eigenvalue weighted by molar-refractivity contribution is 5.95. The van der Waals surface area contributed by atoms with E-state index in [2.05, 4.69) is 20.6 Å². The smallest absolute Gasteiger partial charge is 0.264 e. The number of H-pyrrole nitrogens is 1. The molecule has 1 aliphatic rings. The first-order valence-electron chi connectivity index (χ1n) is 8.72. The van der Waals surface area contributed by atoms with E-state index in [1.807, 2.05) is 0 Å². The number of rotatable bonds is 5. The SMILES string of the molecule is Cc1c(C(=O)NC(CN)C2CCCCC2)cnn1-c1ccc(=O)[nH]n1.Cl. The van der Waals surface area contributed by atoms with Crippen LogP contribution in [0, 0.1) is 12.8 Å². The minimum Gasteiger partial charge on any atom is -0.348 e. The molecule has 2 heterocycles. The molecule has 0 bridgehead atoms. The summed E-state index contributed by atoms with van der Waals surface area (Å²) in [4.78, 5) is 23.8. The molecule has 142 valence electrons. The molecule has 0 aliphatic heterocycles. The molecule has 1 aliphatic carbocycles. The maximum absolute atomic E-state index is 12.7. The van der Waals surface area contributed by atoms with Gasteiger partial charge in [-0.25, -0.2) is 9.78 Å². The second kappa shape index (κ2) is 8.95. The summed E-state index contributed by atoms with van der Waals surface area (Å²) in [6.45, 7) is 2.23. The number of carbonyl (C=O) groups is 1. The van der Waals surface area contributed by atoms with E-state index in [0.29, 0.717) is 29.5 Å². The Hall–Kier alpha value is -2.19. The van der Waals surface area contributed by atoms with E-state index in [9.17, 15) is 9.59 Å². The predicted octanol–water partition coefficient (Wildman–Crippen LogP) is 1.32. The van der Waals surface area contributed by atoms with E-state index in [4.69, 9.17) is 5.73 Å². The fourth-order valence-corrected chi connectivity index (χ4v) is 3.47. The molecule has 3 rings (SSSR count). The maximum Gasteiger partial charge on any atom is 0.264 e. The standard InChI is InChI=1S/C17H24N6O2.ClH/c1-11-13(10-19-23(11)15-7-8-16(24)22-21-15)17(25)20-14(9-18)12-5-3-2-4-6-12;/h7-8,10,12,14H,2-6,9,18H2,1H3,(H,20,25)(H,22,24);1H. The number of amides is 1. The van der Waals surface area contributed by atoms with Crippen molar-refractivity contribution in [1.82, 2.24) is 25.3 Å². The van der Waals surface area contributed by atoms with Crippen LogP contribution in [0.5, 0.6) is 0 Å². The van der Waals surface area contributed by atoms with Crippen LogP contribution < -0.4 is 16.6 Å². The predicted molar refractivity (Wildman–Crippen MR) is 101 cm³/mol. The second-order valence-corrected chi connectivity index (χ2v) is 6.55. The molecule has 0 aromatic carbocycles. The summed E-state index contributed by atoms with van der Waals surface area (Å²) in [6.07, 6.45) is 7.41. The van der Waals surface area contributed by atoms with Crippen LogP contribution in [0.3, 0.4) is 0 Å². The van der Waals surface area contributed by atoms with E-state index in [-0.39, 0.29) is 29.9 Å². The van der Waals surface area contributed by atoms with E-state index < -0.39 is 0 Å². The van der Waals surface area contributed by atoms with Gasteiger partial charge in [0.1, 0.15) is 0 Å². The van der Waals surface area contributed by atoms with Gasteiger partial charge < -0.3 is 11.1 Å². The fourth-order valence-electron chi connectivity index (χ4n) is 3.47. The van der Waals surface area contributed by atoms with Crippen LogP contribution in [0.1, 0.15) is 48.2 Å². The Morgan fingerprint density at radius 2 is 2.12 bits per heavy atom. The summed E-state index contributed by atoms with van der Waals surface area (Å²) in [5, 5.41) is 13.6. The minimum absolute atomic E-state index is 0. The van der Waals surface area contributed by atoms with Crippen LogP contribution in [-0.2, 0) is 0 Å². The van der Waals surface area contributed by atoms with Crippen molar-refractivity contribution in [1.29, 1.82) is 0 Å². The van der Waals surface area contributed by atoms with Crippen molar-refractivity contribution < 1.29 is 4.79 Å². The molecule has 1 fully saturated rings. The summed E-state index contributed by atoms with van der Waals surface area (Å²) >= 11 is 0. The van der Waals surface area contributed by atoms with Gasteiger partial charge in [0.15, 0.2) is 5.82 Å². The lowest BCUT2D eigenvalue weighted by Crippen LogP contribution is -2.46. The summed E-state index contributed by atoms with van der Waals surface area (Å²) < 4.78 is 1.53. The van der Waals surface area contributed by atoms with Gasteiger partial charge >= 0.3 is 0 Å². The van der Waals surface area contributed by atoms with Crippen LogP contribution in [0.15, 0.2) is 23.1 Å². The fraction of sp³-hybridized carbons (Fsp3) is 0.529. The molecule has 9 heteroatoms. The van der Waals surface area contributed by atoms with Crippen molar-refractivity contribution in [3.8, 4) is 5.82 Å². The highest BCUT2D eigenvalue weighted by atomic mass is 35.5. The van der Waals surface area contributed by atoms with Gasteiger partial charge in [-0.3, -0.25) is 9.59 Å². The Bertz CT molecular complexity index is 776. The van der Waals surface area contributed by atoms with Gasteiger partial charge in [-0.15, -0.1) is 12.4 Å². The maximum atomic E-state index is 12.7. The molecule has 4 N–H and O–H groups in total. The molecule has 2 aromatic rings. The van der Waals surface area contributed by atoms with Crippen molar-refractivity contribution in [3.05, 3.63) is 39.9 Å². The van der Waals surface area contributed by atoms with Gasteiger partial charge in [-0.1, -0.05) is 19.3 Å². The number of hydrogen-bond acceptors (Lipinski definition) is 5. The lowest BCUT2D eigenvalue weighted by atomic mass is 9.84. The number of nitrogens with one attached hydrogen (secondary N) is 2. The summed E-state index contributed by atoms with van der Waals surface area (Å²) in [6, 6.07) is 2.92. The van der Waals surface area contributed by atoms with Crippen LogP contribution in [0.2, 0.25) is 0 Å². The van der Waals surface area contributed by atoms with Crippen molar-refractivity contribution >= 4 is 18.3 Å². The molecule has 8 nitrogen and oxygen atoms in total. The summed E-state index contributed by atoms with van der Waals surface area (Å²) in [5.74, 6) is 0.729. The number of carbonyl (C=O) groups excluding carboxylic acids is 1. The highest BCUT2D eigenvalue weighted by Crippen LogP contribution is 2.26. The van der Waals surface area contributed by atoms with E-state index in [1.165, 1.54) is 36.2 Å². The van der Waals surface area contributed by atoms with Gasteiger partial charge in [0.05, 0.1) is 17.5 Å². The molecule has 1 amide bonds. The van der Waals surface area contributed by atoms with Crippen LogP contribution in [0.25, 0.3) is 5.82 Å². The lowest BCUT2D eigenvalue weighted by molar-refractivity contribution is 0.0915. The van der Waals surface area contributed by atoms with Crippen molar-refractivity contribution in [2.45, 2.75) is 45.1 Å². The quantitative estimate of drug-likeness (QED) is 0.722. The van der Waals surface area contributed by atoms with Gasteiger partial charge in [0, 0.05) is 18.7 Å². The van der Waals surface area contributed by atoms with E-state index >= 15 is 0 Å². The monoisotopic (exact) mass is 380 g/mol. The van der Waals surface area contributed by atoms with Gasteiger partial charge in [0.25, 0.3) is 11.5 Å². The molecular formula is C17H25ClN6O2. The largest absolute Gasteiger partial charge is 0.348 e. The first-order valence-corrected chi connectivity index (χ1v) is 8.72. The molecule has 2 aromatic heterocycles. The third kappa shape index (κ3) is 4.31. The third-order valence-corrected chi connectivity index (χ3v) is 4.93. The normalized spacial score (nSPS) is 15.9. The molecule has 26 heavy (non-hydrogen) atoms. The van der Waals surface area contributed by atoms with Gasteiger partial charge in [-0.05, 0) is 31.7 Å². The number of halogens is 1. The molecule has 1 unspecified atom stereocenters. The zero-order valence-electron chi connectivity index (χ0n) is 14.8. The molecule has 0 radical (unpaired) electrons. The van der Waals surface area contributed by atoms with Crippen molar-refractivity contribution in [3.63, 3.8) is 0 Å². The van der Waals surface area contributed by atoms with Crippen molar-refractivity contribution in [2.24, 2.45) is 11.7 Å². The Labute approximate surface area is 158 Å².